The van der Waals surface area contributed by atoms with Crippen LogP contribution in [0.15, 0.2) is 42.1 Å². The van der Waals surface area contributed by atoms with Crippen molar-refractivity contribution in [2.24, 2.45) is 11.8 Å². The fourth-order valence-electron chi connectivity index (χ4n) is 5.17. The van der Waals surface area contributed by atoms with Gasteiger partial charge in [0.2, 0.25) is 21.8 Å². The summed E-state index contributed by atoms with van der Waals surface area (Å²) in [5, 5.41) is 0. The first-order valence-corrected chi connectivity index (χ1v) is 13.6. The molecule has 3 heterocycles. The summed E-state index contributed by atoms with van der Waals surface area (Å²) in [6, 6.07) is 7.68. The summed E-state index contributed by atoms with van der Waals surface area (Å²) in [7, 11) is -3.74. The van der Waals surface area contributed by atoms with Gasteiger partial charge in [-0.15, -0.1) is 12.4 Å². The quantitative estimate of drug-likeness (QED) is 0.552. The van der Waals surface area contributed by atoms with Crippen molar-refractivity contribution < 1.29 is 18.0 Å². The lowest BCUT2D eigenvalue weighted by atomic mass is 9.89. The predicted molar refractivity (Wildman–Crippen MR) is 135 cm³/mol. The Morgan fingerprint density at radius 1 is 1.12 bits per heavy atom. The number of amides is 2. The summed E-state index contributed by atoms with van der Waals surface area (Å²) in [5.74, 6) is -1.34. The minimum Gasteiger partial charge on any atom is -0.326 e. The molecule has 0 radical (unpaired) electrons. The largest absolute Gasteiger partial charge is 0.326 e. The number of carbonyl (C=O) groups excluding carboxylic acids is 2. The van der Waals surface area contributed by atoms with Gasteiger partial charge in [0, 0.05) is 19.2 Å². The highest BCUT2D eigenvalue weighted by molar-refractivity contribution is 7.89. The van der Waals surface area contributed by atoms with E-state index in [1.54, 1.807) is 17.1 Å². The van der Waals surface area contributed by atoms with Gasteiger partial charge < -0.3 is 4.90 Å². The van der Waals surface area contributed by atoms with Crippen LogP contribution in [0.25, 0.3) is 6.08 Å². The van der Waals surface area contributed by atoms with Crippen molar-refractivity contribution in [2.45, 2.75) is 45.7 Å². The Morgan fingerprint density at radius 2 is 1.76 bits per heavy atom. The topological polar surface area (TPSA) is 78.0 Å². The third kappa shape index (κ3) is 5.39. The monoisotopic (exact) mass is 507 g/mol. The molecule has 2 amide bonds. The van der Waals surface area contributed by atoms with Crippen LogP contribution in [-0.2, 0) is 26.2 Å². The lowest BCUT2D eigenvalue weighted by Gasteiger charge is -2.27. The van der Waals surface area contributed by atoms with Gasteiger partial charge in [-0.25, -0.2) is 12.7 Å². The standard InChI is InChI=1S/C25H33N3O4S.ClH/c1-18(2)23-24-21(28(25(23)30)33(3,31)32)13-16-27(24)22(29)12-11-19-7-9-20(10-8-19)17-26-14-5-4-6-15-26;/h7-13,18,23-24H,4-6,14-17H2,1-3H3;1H/t23-,24+;/m1./s1. The number of nitrogens with zero attached hydrogens (tertiary/aromatic N) is 3. The fourth-order valence-corrected chi connectivity index (χ4v) is 6.18. The van der Waals surface area contributed by atoms with Crippen molar-refractivity contribution in [1.82, 2.24) is 14.1 Å². The van der Waals surface area contributed by atoms with Crippen molar-refractivity contribution in [3.63, 3.8) is 0 Å². The van der Waals surface area contributed by atoms with Gasteiger partial charge in [0.25, 0.3) is 0 Å². The molecule has 3 aliphatic heterocycles. The number of fused-ring (bicyclic) bond motifs is 1. The molecule has 34 heavy (non-hydrogen) atoms. The molecule has 0 spiro atoms. The molecule has 9 heteroatoms. The van der Waals surface area contributed by atoms with E-state index in [9.17, 15) is 18.0 Å². The maximum Gasteiger partial charge on any atom is 0.247 e. The van der Waals surface area contributed by atoms with Crippen LogP contribution >= 0.6 is 12.4 Å². The SMILES string of the molecule is CC(C)[C@H]1C(=O)N(S(C)(=O)=O)C2=CCN(C(=O)C=Cc3ccc(CN4CCCCC4)cc3)[C@@H]21.Cl. The molecule has 0 aromatic heterocycles. The summed E-state index contributed by atoms with van der Waals surface area (Å²) < 4.78 is 25.4. The van der Waals surface area contributed by atoms with Crippen molar-refractivity contribution in [3.05, 3.63) is 53.2 Å². The molecular weight excluding hydrogens is 474 g/mol. The number of rotatable bonds is 6. The molecule has 0 unspecified atom stereocenters. The van der Waals surface area contributed by atoms with Crippen LogP contribution in [0.1, 0.15) is 44.2 Å². The minimum atomic E-state index is -3.74. The molecule has 1 aromatic rings. The molecule has 0 aliphatic carbocycles. The smallest absolute Gasteiger partial charge is 0.247 e. The molecular formula is C25H34ClN3O4S. The van der Waals surface area contributed by atoms with E-state index >= 15 is 0 Å². The zero-order valence-electron chi connectivity index (χ0n) is 20.0. The average Bonchev–Trinajstić information content (AvgIpc) is 3.29. The zero-order valence-corrected chi connectivity index (χ0v) is 21.6. The van der Waals surface area contributed by atoms with Gasteiger partial charge in [0.05, 0.1) is 23.9 Å². The number of piperidine rings is 1. The van der Waals surface area contributed by atoms with Gasteiger partial charge in [-0.3, -0.25) is 14.5 Å². The second-order valence-electron chi connectivity index (χ2n) is 9.61. The molecule has 0 bridgehead atoms. The van der Waals surface area contributed by atoms with E-state index in [0.29, 0.717) is 12.2 Å². The number of benzene rings is 1. The van der Waals surface area contributed by atoms with Crippen molar-refractivity contribution in [1.29, 1.82) is 0 Å². The van der Waals surface area contributed by atoms with Crippen LogP contribution in [-0.4, -0.2) is 66.3 Å². The van der Waals surface area contributed by atoms with E-state index in [2.05, 4.69) is 17.0 Å². The van der Waals surface area contributed by atoms with Crippen molar-refractivity contribution >= 4 is 40.3 Å². The van der Waals surface area contributed by atoms with Crippen LogP contribution < -0.4 is 0 Å². The van der Waals surface area contributed by atoms with E-state index < -0.39 is 27.9 Å². The number of likely N-dealkylation sites (tertiary alicyclic amines) is 1. The molecule has 2 atom stereocenters. The Balaban J connectivity index is 0.00000324. The molecule has 1 aromatic carbocycles. The normalized spacial score (nSPS) is 23.4. The number of halogens is 1. The first-order valence-electron chi connectivity index (χ1n) is 11.7. The molecule has 0 N–H and O–H groups in total. The lowest BCUT2D eigenvalue weighted by Crippen LogP contribution is -2.42. The summed E-state index contributed by atoms with van der Waals surface area (Å²) in [6.45, 7) is 7.32. The van der Waals surface area contributed by atoms with Crippen molar-refractivity contribution in [3.8, 4) is 0 Å². The lowest BCUT2D eigenvalue weighted by molar-refractivity contribution is -0.131. The first kappa shape index (κ1) is 26.4. The van der Waals surface area contributed by atoms with E-state index in [1.807, 2.05) is 26.0 Å². The number of hydrogen-bond donors (Lipinski definition) is 0. The van der Waals surface area contributed by atoms with E-state index in [0.717, 1.165) is 35.8 Å². The molecule has 2 fully saturated rings. The Labute approximate surface area is 208 Å². The van der Waals surface area contributed by atoms with Crippen LogP contribution in [0.4, 0.5) is 0 Å². The van der Waals surface area contributed by atoms with Crippen molar-refractivity contribution in [2.75, 3.05) is 25.9 Å². The zero-order chi connectivity index (χ0) is 23.8. The van der Waals surface area contributed by atoms with Crippen LogP contribution in [0.5, 0.6) is 0 Å². The molecule has 2 saturated heterocycles. The third-order valence-electron chi connectivity index (χ3n) is 6.78. The van der Waals surface area contributed by atoms with Gasteiger partial charge in [-0.1, -0.05) is 44.5 Å². The van der Waals surface area contributed by atoms with Crippen LogP contribution in [0.3, 0.4) is 0 Å². The molecule has 186 valence electrons. The highest BCUT2D eigenvalue weighted by atomic mass is 35.5. The minimum absolute atomic E-state index is 0. The van der Waals surface area contributed by atoms with Gasteiger partial charge in [-0.2, -0.15) is 0 Å². The summed E-state index contributed by atoms with van der Waals surface area (Å²) in [4.78, 5) is 30.0. The summed E-state index contributed by atoms with van der Waals surface area (Å²) in [5.41, 5.74) is 2.60. The second-order valence-corrected chi connectivity index (χ2v) is 11.4. The number of hydrogen-bond acceptors (Lipinski definition) is 5. The molecule has 3 aliphatic rings. The highest BCUT2D eigenvalue weighted by Gasteiger charge is 2.54. The summed E-state index contributed by atoms with van der Waals surface area (Å²) in [6.07, 6.45) is 9.87. The summed E-state index contributed by atoms with van der Waals surface area (Å²) >= 11 is 0. The predicted octanol–water partition coefficient (Wildman–Crippen LogP) is 3.28. The first-order chi connectivity index (χ1) is 15.7. The average molecular weight is 508 g/mol. The van der Waals surface area contributed by atoms with Gasteiger partial charge in [-0.05, 0) is 55.1 Å². The van der Waals surface area contributed by atoms with E-state index in [-0.39, 0.29) is 24.2 Å². The maximum absolute atomic E-state index is 13.0. The van der Waals surface area contributed by atoms with Gasteiger partial charge in [0.15, 0.2) is 0 Å². The number of sulfonamides is 1. The highest BCUT2D eigenvalue weighted by Crippen LogP contribution is 2.41. The van der Waals surface area contributed by atoms with E-state index in [4.69, 9.17) is 0 Å². The Bertz CT molecular complexity index is 1080. The Kier molecular flexibility index (Phi) is 8.26. The van der Waals surface area contributed by atoms with Gasteiger partial charge >= 0.3 is 0 Å². The van der Waals surface area contributed by atoms with E-state index in [1.165, 1.54) is 30.9 Å². The molecule has 7 nitrogen and oxygen atoms in total. The number of carbonyl (C=O) groups is 2. The van der Waals surface area contributed by atoms with Crippen LogP contribution in [0, 0.1) is 11.8 Å². The second kappa shape index (κ2) is 10.6. The molecule has 4 rings (SSSR count). The van der Waals surface area contributed by atoms with Gasteiger partial charge in [0.1, 0.15) is 0 Å². The third-order valence-corrected chi connectivity index (χ3v) is 7.84. The Morgan fingerprint density at radius 3 is 2.35 bits per heavy atom. The maximum atomic E-state index is 13.0. The fraction of sp³-hybridized carbons (Fsp3) is 0.520. The Hall–Kier alpha value is -2.16. The molecule has 0 saturated carbocycles. The van der Waals surface area contributed by atoms with Crippen LogP contribution in [0.2, 0.25) is 0 Å².